The Hall–Kier alpha value is -11.4. The Bertz CT molecular complexity index is 5490. The van der Waals surface area contributed by atoms with Gasteiger partial charge in [0.1, 0.15) is 11.2 Å². The summed E-state index contributed by atoms with van der Waals surface area (Å²) in [6.07, 6.45) is 0. The second-order valence-electron chi connectivity index (χ2n) is 24.8. The predicted octanol–water partition coefficient (Wildman–Crippen LogP) is 26.2. The minimum absolute atomic E-state index is 0.0434. The molecule has 0 aliphatic carbocycles. The van der Waals surface area contributed by atoms with Gasteiger partial charge in [-0.1, -0.05) is 243 Å². The third-order valence-electron chi connectivity index (χ3n) is 18.6. The molecule has 18 rings (SSSR count). The second-order valence-corrected chi connectivity index (χ2v) is 24.8. The highest BCUT2D eigenvalue weighted by atomic mass is 16.3. The zero-order chi connectivity index (χ0) is 63.1. The van der Waals surface area contributed by atoms with Gasteiger partial charge in [0.2, 0.25) is 0 Å². The van der Waals surface area contributed by atoms with Crippen molar-refractivity contribution >= 4 is 138 Å². The van der Waals surface area contributed by atoms with E-state index in [0.29, 0.717) is 0 Å². The van der Waals surface area contributed by atoms with Crippen molar-refractivity contribution in [2.24, 2.45) is 0 Å². The van der Waals surface area contributed by atoms with Gasteiger partial charge in [0.15, 0.2) is 11.2 Å². The first-order valence-corrected chi connectivity index (χ1v) is 32.7. The van der Waals surface area contributed by atoms with Crippen molar-refractivity contribution in [2.75, 3.05) is 9.80 Å². The minimum atomic E-state index is 0.0434. The lowest BCUT2D eigenvalue weighted by molar-refractivity contribution is 0.590. The van der Waals surface area contributed by atoms with Gasteiger partial charge >= 0.3 is 0 Å². The van der Waals surface area contributed by atoms with E-state index in [0.717, 1.165) is 122 Å². The van der Waals surface area contributed by atoms with Crippen molar-refractivity contribution in [1.82, 2.24) is 4.40 Å². The Morgan fingerprint density at radius 1 is 0.280 bits per heavy atom. The van der Waals surface area contributed by atoms with E-state index in [1.54, 1.807) is 0 Å². The van der Waals surface area contributed by atoms with Crippen LogP contribution in [-0.2, 0) is 5.41 Å². The molecule has 0 bridgehead atoms. The highest BCUT2D eigenvalue weighted by Crippen LogP contribution is 2.50. The van der Waals surface area contributed by atoms with Crippen LogP contribution >= 0.6 is 0 Å². The van der Waals surface area contributed by atoms with Crippen molar-refractivity contribution in [2.45, 2.75) is 53.9 Å². The van der Waals surface area contributed by atoms with Crippen molar-refractivity contribution < 1.29 is 8.83 Å². The Labute approximate surface area is 541 Å². The van der Waals surface area contributed by atoms with Gasteiger partial charge in [0.05, 0.1) is 27.9 Å². The molecule has 0 atom stereocenters. The molecule has 0 radical (unpaired) electrons. The average Bonchev–Trinajstić information content (AvgIpc) is 1.54. The number of hydrogen-bond donors (Lipinski definition) is 0. The summed E-state index contributed by atoms with van der Waals surface area (Å²) in [5.74, 6) is 0. The maximum Gasteiger partial charge on any atom is 0.159 e. The van der Waals surface area contributed by atoms with E-state index in [1.165, 1.54) is 54.5 Å². The maximum absolute atomic E-state index is 7.09. The van der Waals surface area contributed by atoms with E-state index < -0.39 is 0 Å². The summed E-state index contributed by atoms with van der Waals surface area (Å²) in [5.41, 5.74) is 21.3. The fourth-order valence-corrected chi connectivity index (χ4v) is 14.3. The molecule has 0 saturated carbocycles. The molecule has 0 fully saturated rings. The number of hydrogen-bond acceptors (Lipinski definition) is 4. The van der Waals surface area contributed by atoms with Crippen LogP contribution in [0.2, 0.25) is 0 Å². The zero-order valence-electron chi connectivity index (χ0n) is 53.4. The molecule has 93 heavy (non-hydrogen) atoms. The van der Waals surface area contributed by atoms with Crippen LogP contribution in [0.25, 0.3) is 137 Å². The monoisotopic (exact) mass is 1200 g/mol. The first-order valence-electron chi connectivity index (χ1n) is 32.7. The SMILES string of the molecule is CC.CC.CC(C)(C)c1ccc(-c2cc3c4cc5ccc(N(c6ccccc6)c6cccc7c6oc6c(-c8ccccc8)cccc67)cc5cc4n4c5cc6cc(N(c7ccccc7)c7cccc8c7oc7c(-c9ccccc9)cccc78)ccc6cc5c(c2)c34)cc1. The molecule has 4 aromatic heterocycles. The Kier molecular flexibility index (Phi) is 13.9. The number of anilines is 6. The summed E-state index contributed by atoms with van der Waals surface area (Å²) in [6, 6.07) is 106. The van der Waals surface area contributed by atoms with Crippen LogP contribution in [0.4, 0.5) is 34.1 Å². The highest BCUT2D eigenvalue weighted by Gasteiger charge is 2.26. The van der Waals surface area contributed by atoms with E-state index in [-0.39, 0.29) is 5.41 Å². The lowest BCUT2D eigenvalue weighted by Gasteiger charge is -2.26. The van der Waals surface area contributed by atoms with Gasteiger partial charge in [0, 0.05) is 77.0 Å². The number of nitrogens with zero attached hydrogens (tertiary/aromatic N) is 3. The molecular weight excluding hydrogens is 1130 g/mol. The van der Waals surface area contributed by atoms with Crippen LogP contribution in [0.3, 0.4) is 0 Å². The number of furan rings is 2. The largest absolute Gasteiger partial charge is 0.453 e. The third-order valence-corrected chi connectivity index (χ3v) is 18.6. The average molecular weight is 1200 g/mol. The molecular formula is C88H69N3O2. The lowest BCUT2D eigenvalue weighted by atomic mass is 9.86. The van der Waals surface area contributed by atoms with E-state index >= 15 is 0 Å². The predicted molar refractivity (Wildman–Crippen MR) is 398 cm³/mol. The van der Waals surface area contributed by atoms with Crippen LogP contribution in [0.15, 0.2) is 300 Å². The maximum atomic E-state index is 7.09. The van der Waals surface area contributed by atoms with E-state index in [2.05, 4.69) is 326 Å². The minimum Gasteiger partial charge on any atom is -0.453 e. The number of benzene rings is 14. The second kappa shape index (κ2) is 22.8. The molecule has 4 heterocycles. The van der Waals surface area contributed by atoms with Gasteiger partial charge in [-0.25, -0.2) is 0 Å². The summed E-state index contributed by atoms with van der Waals surface area (Å²) in [5, 5.41) is 13.9. The number of rotatable bonds is 9. The van der Waals surface area contributed by atoms with Crippen LogP contribution in [0.5, 0.6) is 0 Å². The van der Waals surface area contributed by atoms with Crippen molar-refractivity contribution in [3.63, 3.8) is 0 Å². The first kappa shape index (κ1) is 56.8. The summed E-state index contributed by atoms with van der Waals surface area (Å²) in [7, 11) is 0. The first-order chi connectivity index (χ1) is 45.8. The summed E-state index contributed by atoms with van der Waals surface area (Å²) >= 11 is 0. The summed E-state index contributed by atoms with van der Waals surface area (Å²) in [4.78, 5) is 4.71. The fraction of sp³-hybridized carbons (Fsp3) is 0.0909. The van der Waals surface area contributed by atoms with E-state index in [4.69, 9.17) is 8.83 Å². The molecule has 0 unspecified atom stereocenters. The molecule has 448 valence electrons. The Morgan fingerprint density at radius 2 is 0.677 bits per heavy atom. The van der Waals surface area contributed by atoms with Gasteiger partial charge in [-0.2, -0.15) is 0 Å². The molecule has 18 aromatic rings. The van der Waals surface area contributed by atoms with Crippen LogP contribution in [-0.4, -0.2) is 4.40 Å². The normalized spacial score (nSPS) is 11.8. The number of para-hydroxylation sites is 6. The van der Waals surface area contributed by atoms with Gasteiger partial charge in [-0.3, -0.25) is 0 Å². The topological polar surface area (TPSA) is 37.2 Å². The summed E-state index contributed by atoms with van der Waals surface area (Å²) < 4.78 is 16.7. The molecule has 5 heteroatoms. The third kappa shape index (κ3) is 9.36. The zero-order valence-corrected chi connectivity index (χ0v) is 53.4. The Morgan fingerprint density at radius 3 is 1.10 bits per heavy atom. The standard InChI is InChI=1S/C84H57N3O2.2C2H6/c1-84(2,3)60-40-36-52(37-41-60)59-48-73-71-46-55-38-42-63(85(61-24-12-6-13-25-61)75-34-18-32-69-67-30-16-28-65(80(67)88-82(69)75)53-20-8-4-9-21-53)44-57(55)50-77(71)87-78-51-58-45-64(43-39-56(58)47-72(78)74(49-59)79(73)87)86(62-26-14-7-15-27-62)76-35-19-33-70-68-31-17-29-66(81(68)89-83(70)76)54-22-10-5-11-23-54;2*1-2/h4-51H,1-3H3;2*1-2H3. The molecule has 0 spiro atoms. The van der Waals surface area contributed by atoms with Crippen molar-refractivity contribution in [3.8, 4) is 33.4 Å². The lowest BCUT2D eigenvalue weighted by Crippen LogP contribution is -2.10. The molecule has 0 saturated heterocycles. The van der Waals surface area contributed by atoms with Crippen LogP contribution in [0.1, 0.15) is 54.0 Å². The fourth-order valence-electron chi connectivity index (χ4n) is 14.3. The summed E-state index contributed by atoms with van der Waals surface area (Å²) in [6.45, 7) is 14.8. The molecule has 0 amide bonds. The number of aromatic nitrogens is 1. The van der Waals surface area contributed by atoms with Gasteiger partial charge < -0.3 is 23.0 Å². The molecule has 14 aromatic carbocycles. The molecule has 0 N–H and O–H groups in total. The van der Waals surface area contributed by atoms with Gasteiger partial charge in [-0.15, -0.1) is 0 Å². The molecule has 5 nitrogen and oxygen atoms in total. The van der Waals surface area contributed by atoms with E-state index in [9.17, 15) is 0 Å². The van der Waals surface area contributed by atoms with Gasteiger partial charge in [-0.05, 0) is 152 Å². The van der Waals surface area contributed by atoms with Gasteiger partial charge in [0.25, 0.3) is 0 Å². The van der Waals surface area contributed by atoms with Crippen molar-refractivity contribution in [3.05, 3.63) is 297 Å². The molecule has 0 aliphatic rings. The van der Waals surface area contributed by atoms with Crippen LogP contribution in [0, 0.1) is 0 Å². The van der Waals surface area contributed by atoms with Crippen LogP contribution < -0.4 is 9.80 Å². The Balaban J connectivity index is 0.00000168. The van der Waals surface area contributed by atoms with E-state index in [1.807, 2.05) is 27.7 Å². The number of fused-ring (bicyclic) bond motifs is 14. The molecule has 0 aliphatic heterocycles. The van der Waals surface area contributed by atoms with Crippen molar-refractivity contribution in [1.29, 1.82) is 0 Å². The quantitative estimate of drug-likeness (QED) is 0.144. The smallest absolute Gasteiger partial charge is 0.159 e. The highest BCUT2D eigenvalue weighted by molar-refractivity contribution is 6.27.